The summed E-state index contributed by atoms with van der Waals surface area (Å²) in [5, 5.41) is 6.39. The Kier molecular flexibility index (Phi) is 3.29. The minimum absolute atomic E-state index is 0.648. The molecule has 1 N–H and O–H groups in total. The zero-order valence-electron chi connectivity index (χ0n) is 6.63. The van der Waals surface area contributed by atoms with Crippen LogP contribution >= 0.6 is 11.8 Å². The van der Waals surface area contributed by atoms with Crippen LogP contribution in [0.5, 0.6) is 0 Å². The third kappa shape index (κ3) is 2.35. The quantitative estimate of drug-likeness (QED) is 0.577. The maximum Gasteiger partial charge on any atom is 0.0211 e. The first kappa shape index (κ1) is 8.15. The van der Waals surface area contributed by atoms with Crippen LogP contribution in [0, 0.1) is 0 Å². The van der Waals surface area contributed by atoms with Crippen molar-refractivity contribution in [3.05, 3.63) is 11.5 Å². The summed E-state index contributed by atoms with van der Waals surface area (Å²) in [6.07, 6.45) is 3.41. The van der Waals surface area contributed by atoms with E-state index in [2.05, 4.69) is 30.6 Å². The molecule has 58 valence electrons. The Morgan fingerprint density at radius 2 is 2.30 bits per heavy atom. The van der Waals surface area contributed by atoms with Crippen molar-refractivity contribution >= 4 is 11.8 Å². The highest BCUT2D eigenvalue weighted by Crippen LogP contribution is 2.17. The van der Waals surface area contributed by atoms with Crippen molar-refractivity contribution in [3.8, 4) is 0 Å². The molecule has 0 aromatic rings. The first-order valence-electron chi connectivity index (χ1n) is 3.84. The second kappa shape index (κ2) is 4.04. The Balaban J connectivity index is 2.41. The molecule has 0 saturated heterocycles. The van der Waals surface area contributed by atoms with Gasteiger partial charge in [-0.25, -0.2) is 0 Å². The molecule has 0 aliphatic carbocycles. The van der Waals surface area contributed by atoms with Gasteiger partial charge in [-0.05, 0) is 25.3 Å². The molecule has 1 aliphatic heterocycles. The molecular formula is C8H15NS. The first-order valence-corrected chi connectivity index (χ1v) is 4.79. The van der Waals surface area contributed by atoms with Gasteiger partial charge in [0.25, 0.3) is 0 Å². The van der Waals surface area contributed by atoms with Gasteiger partial charge in [-0.15, -0.1) is 11.8 Å². The highest BCUT2D eigenvalue weighted by atomic mass is 32.2. The van der Waals surface area contributed by atoms with Crippen molar-refractivity contribution < 1.29 is 0 Å². The summed E-state index contributed by atoms with van der Waals surface area (Å²) in [5.74, 6) is 0. The van der Waals surface area contributed by atoms with Gasteiger partial charge in [-0.3, -0.25) is 0 Å². The van der Waals surface area contributed by atoms with Crippen molar-refractivity contribution in [2.24, 2.45) is 0 Å². The molecular weight excluding hydrogens is 142 g/mol. The van der Waals surface area contributed by atoms with Gasteiger partial charge in [-0.2, -0.15) is 0 Å². The van der Waals surface area contributed by atoms with Crippen LogP contribution in [0.1, 0.15) is 20.3 Å². The van der Waals surface area contributed by atoms with E-state index < -0.39 is 0 Å². The van der Waals surface area contributed by atoms with Gasteiger partial charge in [-0.1, -0.05) is 13.0 Å². The molecule has 0 amide bonds. The third-order valence-electron chi connectivity index (χ3n) is 1.87. The van der Waals surface area contributed by atoms with Gasteiger partial charge >= 0.3 is 0 Å². The zero-order chi connectivity index (χ0) is 7.40. The predicted octanol–water partition coefficient (Wildman–Crippen LogP) is 2.00. The fraction of sp³-hybridized carbons (Fsp3) is 0.750. The molecule has 2 unspecified atom stereocenters. The van der Waals surface area contributed by atoms with Gasteiger partial charge < -0.3 is 5.32 Å². The summed E-state index contributed by atoms with van der Waals surface area (Å²) < 4.78 is 0. The maximum atomic E-state index is 3.46. The normalized spacial score (nSPS) is 38.2. The molecule has 0 aromatic heterocycles. The molecule has 0 saturated carbocycles. The predicted molar refractivity (Wildman–Crippen MR) is 48.3 cm³/mol. The lowest BCUT2D eigenvalue weighted by atomic mass is 10.2. The summed E-state index contributed by atoms with van der Waals surface area (Å²) >= 11 is 1.92. The van der Waals surface area contributed by atoms with E-state index in [1.54, 1.807) is 0 Å². The van der Waals surface area contributed by atoms with Gasteiger partial charge in [0.05, 0.1) is 0 Å². The van der Waals surface area contributed by atoms with E-state index >= 15 is 0 Å². The van der Waals surface area contributed by atoms with E-state index in [0.29, 0.717) is 11.3 Å². The third-order valence-corrected chi connectivity index (χ3v) is 3.06. The molecule has 1 rings (SSSR count). The summed E-state index contributed by atoms with van der Waals surface area (Å²) in [5.41, 5.74) is 0. The van der Waals surface area contributed by atoms with E-state index in [9.17, 15) is 0 Å². The zero-order valence-corrected chi connectivity index (χ0v) is 7.45. The molecule has 0 bridgehead atoms. The second-order valence-corrected chi connectivity index (χ2v) is 4.03. The fourth-order valence-electron chi connectivity index (χ4n) is 0.926. The number of hydrogen-bond donors (Lipinski definition) is 1. The standard InChI is InChI=1S/C8H15NS/c1-7-8(2)10-6-4-3-5-9-7/h4,6-9H,3,5H2,1-2H3/b6-4-. The topological polar surface area (TPSA) is 12.0 Å². The molecule has 10 heavy (non-hydrogen) atoms. The van der Waals surface area contributed by atoms with E-state index in [0.717, 1.165) is 6.54 Å². The summed E-state index contributed by atoms with van der Waals surface area (Å²) in [7, 11) is 0. The Labute approximate surface area is 67.3 Å². The average molecular weight is 157 g/mol. The van der Waals surface area contributed by atoms with Gasteiger partial charge in [0.2, 0.25) is 0 Å². The molecule has 1 aliphatic rings. The summed E-state index contributed by atoms with van der Waals surface area (Å²) in [6, 6.07) is 0.648. The first-order chi connectivity index (χ1) is 4.80. The van der Waals surface area contributed by atoms with Crippen LogP contribution in [0.3, 0.4) is 0 Å². The number of rotatable bonds is 0. The maximum absolute atomic E-state index is 3.46. The smallest absolute Gasteiger partial charge is 0.0211 e. The number of nitrogens with one attached hydrogen (secondary N) is 1. The highest BCUT2D eigenvalue weighted by molar-refractivity contribution is 8.02. The largest absolute Gasteiger partial charge is 0.313 e. The molecule has 1 heterocycles. The average Bonchev–Trinajstić information content (AvgIpc) is 1.92. The molecule has 1 nitrogen and oxygen atoms in total. The lowest BCUT2D eigenvalue weighted by molar-refractivity contribution is 0.549. The molecule has 0 spiro atoms. The van der Waals surface area contributed by atoms with Crippen molar-refractivity contribution in [2.75, 3.05) is 6.54 Å². The van der Waals surface area contributed by atoms with E-state index in [4.69, 9.17) is 0 Å². The van der Waals surface area contributed by atoms with Crippen LogP contribution in [0.4, 0.5) is 0 Å². The van der Waals surface area contributed by atoms with Crippen LogP contribution in [-0.2, 0) is 0 Å². The number of thioether (sulfide) groups is 1. The SMILES string of the molecule is CC1NCC/C=C\SC1C. The van der Waals surface area contributed by atoms with E-state index in [-0.39, 0.29) is 0 Å². The molecule has 0 radical (unpaired) electrons. The van der Waals surface area contributed by atoms with Crippen molar-refractivity contribution in [1.29, 1.82) is 0 Å². The summed E-state index contributed by atoms with van der Waals surface area (Å²) in [6.45, 7) is 5.64. The van der Waals surface area contributed by atoms with Crippen LogP contribution in [0.25, 0.3) is 0 Å². The fourth-order valence-corrected chi connectivity index (χ4v) is 1.75. The van der Waals surface area contributed by atoms with E-state index in [1.165, 1.54) is 6.42 Å². The van der Waals surface area contributed by atoms with Crippen molar-refractivity contribution in [3.63, 3.8) is 0 Å². The van der Waals surface area contributed by atoms with E-state index in [1.807, 2.05) is 11.8 Å². The van der Waals surface area contributed by atoms with Crippen molar-refractivity contribution in [2.45, 2.75) is 31.6 Å². The van der Waals surface area contributed by atoms with Crippen LogP contribution in [-0.4, -0.2) is 17.8 Å². The van der Waals surface area contributed by atoms with Gasteiger partial charge in [0.1, 0.15) is 0 Å². The van der Waals surface area contributed by atoms with Crippen LogP contribution < -0.4 is 5.32 Å². The molecule has 0 aromatic carbocycles. The molecule has 0 fully saturated rings. The highest BCUT2D eigenvalue weighted by Gasteiger charge is 2.10. The molecule has 2 atom stereocenters. The Bertz CT molecular complexity index is 122. The summed E-state index contributed by atoms with van der Waals surface area (Å²) in [4.78, 5) is 0. The van der Waals surface area contributed by atoms with Crippen LogP contribution in [0.15, 0.2) is 11.5 Å². The monoisotopic (exact) mass is 157 g/mol. The lowest BCUT2D eigenvalue weighted by Crippen LogP contribution is -2.34. The number of hydrogen-bond acceptors (Lipinski definition) is 2. The van der Waals surface area contributed by atoms with Gasteiger partial charge in [0.15, 0.2) is 0 Å². The molecule has 2 heteroatoms. The minimum atomic E-state index is 0.648. The van der Waals surface area contributed by atoms with Crippen molar-refractivity contribution in [1.82, 2.24) is 5.32 Å². The lowest BCUT2D eigenvalue weighted by Gasteiger charge is -2.20. The van der Waals surface area contributed by atoms with Gasteiger partial charge in [0, 0.05) is 11.3 Å². The Hall–Kier alpha value is 0.0500. The second-order valence-electron chi connectivity index (χ2n) is 2.74. The van der Waals surface area contributed by atoms with Crippen LogP contribution in [0.2, 0.25) is 0 Å². The Morgan fingerprint density at radius 3 is 3.10 bits per heavy atom. The minimum Gasteiger partial charge on any atom is -0.313 e. The Morgan fingerprint density at radius 1 is 1.50 bits per heavy atom.